The van der Waals surface area contributed by atoms with E-state index >= 15 is 0 Å². The van der Waals surface area contributed by atoms with Crippen LogP contribution in [0.5, 0.6) is 0 Å². The molecule has 1 aromatic carbocycles. The average Bonchev–Trinajstić information content (AvgIpc) is 2.15. The Hall–Kier alpha value is -1.33. The van der Waals surface area contributed by atoms with Gasteiger partial charge in [0.2, 0.25) is 0 Å². The first kappa shape index (κ1) is 13.7. The molecule has 4 N–H and O–H groups in total. The number of rotatable bonds is 3. The van der Waals surface area contributed by atoms with Crippen molar-refractivity contribution in [3.8, 4) is 0 Å². The summed E-state index contributed by atoms with van der Waals surface area (Å²) in [5, 5.41) is 4.97. The number of anilines is 1. The minimum Gasteiger partial charge on any atom is -0.337 e. The highest BCUT2D eigenvalue weighted by Crippen LogP contribution is 2.08. The van der Waals surface area contributed by atoms with Crippen molar-refractivity contribution in [3.05, 3.63) is 30.1 Å². The number of benzene rings is 1. The van der Waals surface area contributed by atoms with Gasteiger partial charge in [0.05, 0.1) is 0 Å². The third-order valence-corrected chi connectivity index (χ3v) is 1.51. The predicted octanol–water partition coefficient (Wildman–Crippen LogP) is 1.33. The first-order valence-corrected chi connectivity index (χ1v) is 4.23. The van der Waals surface area contributed by atoms with Gasteiger partial charge in [0.25, 0.3) is 0 Å². The topological polar surface area (TPSA) is 67.1 Å². The molecule has 0 spiro atoms. The van der Waals surface area contributed by atoms with Crippen LogP contribution in [0.15, 0.2) is 24.3 Å². The maximum absolute atomic E-state index is 12.7. The molecule has 0 bridgehead atoms. The maximum atomic E-state index is 12.7. The molecule has 6 heteroatoms. The van der Waals surface area contributed by atoms with E-state index in [1.165, 1.54) is 18.2 Å². The van der Waals surface area contributed by atoms with Gasteiger partial charge in [-0.25, -0.2) is 9.18 Å². The molecule has 2 amide bonds. The largest absolute Gasteiger partial charge is 0.337 e. The smallest absolute Gasteiger partial charge is 0.319 e. The lowest BCUT2D eigenvalue weighted by molar-refractivity contribution is 0.252. The van der Waals surface area contributed by atoms with E-state index < -0.39 is 0 Å². The van der Waals surface area contributed by atoms with E-state index in [1.807, 2.05) is 0 Å². The zero-order chi connectivity index (χ0) is 10.4. The van der Waals surface area contributed by atoms with Crippen LogP contribution >= 0.6 is 12.4 Å². The van der Waals surface area contributed by atoms with Crippen molar-refractivity contribution in [2.24, 2.45) is 5.73 Å². The Morgan fingerprint density at radius 1 is 1.47 bits per heavy atom. The number of hydrogen-bond donors (Lipinski definition) is 3. The van der Waals surface area contributed by atoms with Crippen molar-refractivity contribution in [1.82, 2.24) is 5.32 Å². The van der Waals surface area contributed by atoms with Gasteiger partial charge in [-0.05, 0) is 18.2 Å². The second-order valence-corrected chi connectivity index (χ2v) is 2.68. The van der Waals surface area contributed by atoms with Crippen molar-refractivity contribution in [3.63, 3.8) is 0 Å². The summed E-state index contributed by atoms with van der Waals surface area (Å²) in [7, 11) is 0. The molecule has 0 heterocycles. The number of carbonyl (C=O) groups excluding carboxylic acids is 1. The summed E-state index contributed by atoms with van der Waals surface area (Å²) in [6.07, 6.45) is 0. The molecule has 0 unspecified atom stereocenters. The van der Waals surface area contributed by atoms with E-state index in [9.17, 15) is 9.18 Å². The lowest BCUT2D eigenvalue weighted by Gasteiger charge is -2.05. The van der Waals surface area contributed by atoms with E-state index in [2.05, 4.69) is 10.6 Å². The molecule has 84 valence electrons. The summed E-state index contributed by atoms with van der Waals surface area (Å²) in [5.74, 6) is -0.387. The fourth-order valence-electron chi connectivity index (χ4n) is 0.927. The van der Waals surface area contributed by atoms with E-state index in [0.29, 0.717) is 18.8 Å². The SMILES string of the molecule is Cl.NCCNC(=O)Nc1cccc(F)c1. The van der Waals surface area contributed by atoms with Crippen molar-refractivity contribution >= 4 is 24.1 Å². The molecule has 0 radical (unpaired) electrons. The van der Waals surface area contributed by atoms with Gasteiger partial charge in [-0.3, -0.25) is 0 Å². The Morgan fingerprint density at radius 2 is 2.20 bits per heavy atom. The average molecular weight is 234 g/mol. The van der Waals surface area contributed by atoms with Crippen LogP contribution in [0.3, 0.4) is 0 Å². The molecule has 0 saturated carbocycles. The first-order chi connectivity index (χ1) is 6.72. The summed E-state index contributed by atoms with van der Waals surface area (Å²) in [4.78, 5) is 11.1. The van der Waals surface area contributed by atoms with Gasteiger partial charge < -0.3 is 16.4 Å². The van der Waals surface area contributed by atoms with Gasteiger partial charge in [0.1, 0.15) is 5.82 Å². The highest BCUT2D eigenvalue weighted by Gasteiger charge is 2.00. The summed E-state index contributed by atoms with van der Waals surface area (Å²) in [6, 6.07) is 5.28. The van der Waals surface area contributed by atoms with E-state index in [-0.39, 0.29) is 24.3 Å². The quantitative estimate of drug-likeness (QED) is 0.737. The number of halogens is 2. The minimum absolute atomic E-state index is 0. The van der Waals surface area contributed by atoms with Crippen LogP contribution < -0.4 is 16.4 Å². The molecule has 0 aliphatic rings. The highest BCUT2D eigenvalue weighted by molar-refractivity contribution is 5.89. The van der Waals surface area contributed by atoms with Gasteiger partial charge in [0.15, 0.2) is 0 Å². The Balaban J connectivity index is 0.00000196. The van der Waals surface area contributed by atoms with Crippen LogP contribution in [0, 0.1) is 5.82 Å². The van der Waals surface area contributed by atoms with Crippen LogP contribution in [0.25, 0.3) is 0 Å². The van der Waals surface area contributed by atoms with Gasteiger partial charge in [-0.2, -0.15) is 0 Å². The van der Waals surface area contributed by atoms with Crippen LogP contribution in [-0.2, 0) is 0 Å². The van der Waals surface area contributed by atoms with Crippen LogP contribution in [0.1, 0.15) is 0 Å². The minimum atomic E-state index is -0.388. The lowest BCUT2D eigenvalue weighted by atomic mass is 10.3. The van der Waals surface area contributed by atoms with Gasteiger partial charge in [-0.15, -0.1) is 12.4 Å². The van der Waals surface area contributed by atoms with Crippen LogP contribution in [0.2, 0.25) is 0 Å². The molecule has 0 atom stereocenters. The summed E-state index contributed by atoms with van der Waals surface area (Å²) >= 11 is 0. The third kappa shape index (κ3) is 5.19. The molecule has 0 aliphatic heterocycles. The molecule has 15 heavy (non-hydrogen) atoms. The van der Waals surface area contributed by atoms with Gasteiger partial charge in [-0.1, -0.05) is 6.07 Å². The van der Waals surface area contributed by atoms with E-state index in [1.54, 1.807) is 6.07 Å². The Bertz CT molecular complexity index is 322. The molecule has 0 fully saturated rings. The van der Waals surface area contributed by atoms with Gasteiger partial charge in [0, 0.05) is 18.8 Å². The molecule has 0 aromatic heterocycles. The number of nitrogens with one attached hydrogen (secondary N) is 2. The van der Waals surface area contributed by atoms with E-state index in [4.69, 9.17) is 5.73 Å². The van der Waals surface area contributed by atoms with Crippen LogP contribution in [0.4, 0.5) is 14.9 Å². The Labute approximate surface area is 93.4 Å². The summed E-state index contributed by atoms with van der Waals surface area (Å²) < 4.78 is 12.7. The van der Waals surface area contributed by atoms with Crippen LogP contribution in [-0.4, -0.2) is 19.1 Å². The highest BCUT2D eigenvalue weighted by atomic mass is 35.5. The molecular formula is C9H13ClFN3O. The monoisotopic (exact) mass is 233 g/mol. The third-order valence-electron chi connectivity index (χ3n) is 1.51. The number of nitrogens with two attached hydrogens (primary N) is 1. The molecule has 4 nitrogen and oxygen atoms in total. The fourth-order valence-corrected chi connectivity index (χ4v) is 0.927. The molecule has 0 saturated heterocycles. The normalized spacial score (nSPS) is 8.93. The Morgan fingerprint density at radius 3 is 2.80 bits per heavy atom. The van der Waals surface area contributed by atoms with Crippen molar-refractivity contribution in [1.29, 1.82) is 0 Å². The maximum Gasteiger partial charge on any atom is 0.319 e. The standard InChI is InChI=1S/C9H12FN3O.ClH/c10-7-2-1-3-8(6-7)13-9(14)12-5-4-11;/h1-3,6H,4-5,11H2,(H2,12,13,14);1H. The number of amides is 2. The fraction of sp³-hybridized carbons (Fsp3) is 0.222. The number of carbonyl (C=O) groups is 1. The number of hydrogen-bond acceptors (Lipinski definition) is 2. The van der Waals surface area contributed by atoms with Gasteiger partial charge >= 0.3 is 6.03 Å². The van der Waals surface area contributed by atoms with Crippen molar-refractivity contribution in [2.45, 2.75) is 0 Å². The Kier molecular flexibility index (Phi) is 6.40. The molecule has 0 aliphatic carbocycles. The second-order valence-electron chi connectivity index (χ2n) is 2.68. The second kappa shape index (κ2) is 7.03. The molecule has 1 aromatic rings. The molecular weight excluding hydrogens is 221 g/mol. The zero-order valence-electron chi connectivity index (χ0n) is 8.00. The molecule has 1 rings (SSSR count). The first-order valence-electron chi connectivity index (χ1n) is 4.23. The van der Waals surface area contributed by atoms with Crippen molar-refractivity contribution in [2.75, 3.05) is 18.4 Å². The predicted molar refractivity (Wildman–Crippen MR) is 59.7 cm³/mol. The zero-order valence-corrected chi connectivity index (χ0v) is 8.81. The van der Waals surface area contributed by atoms with Crippen molar-refractivity contribution < 1.29 is 9.18 Å². The number of urea groups is 1. The lowest BCUT2D eigenvalue weighted by Crippen LogP contribution is -2.32. The van der Waals surface area contributed by atoms with E-state index in [0.717, 1.165) is 0 Å². The summed E-state index contributed by atoms with van der Waals surface area (Å²) in [5.41, 5.74) is 5.61. The summed E-state index contributed by atoms with van der Waals surface area (Å²) in [6.45, 7) is 0.762.